The molecule has 80 valence electrons. The van der Waals surface area contributed by atoms with Crippen molar-refractivity contribution in [2.24, 2.45) is 4.99 Å². The molecule has 0 bridgehead atoms. The van der Waals surface area contributed by atoms with E-state index in [0.717, 1.165) is 36.6 Å². The number of ether oxygens (including phenoxy) is 1. The van der Waals surface area contributed by atoms with E-state index in [0.29, 0.717) is 13.0 Å². The Balaban J connectivity index is 2.04. The summed E-state index contributed by atoms with van der Waals surface area (Å²) in [5.41, 5.74) is 0. The predicted octanol–water partition coefficient (Wildman–Crippen LogP) is 2.26. The van der Waals surface area contributed by atoms with Crippen LogP contribution in [0.4, 0.5) is 0 Å². The predicted molar refractivity (Wildman–Crippen MR) is 59.9 cm³/mol. The van der Waals surface area contributed by atoms with Crippen molar-refractivity contribution in [3.05, 3.63) is 0 Å². The SMILES string of the molecule is CCCCCOC(=O)CC1=NCCS1. The lowest BCUT2D eigenvalue weighted by Gasteiger charge is -2.03. The molecule has 0 radical (unpaired) electrons. The standard InChI is InChI=1S/C10H17NO2S/c1-2-3-4-6-13-10(12)8-9-11-5-7-14-9/h2-8H2,1H3. The molecule has 0 saturated heterocycles. The molecule has 0 aromatic rings. The van der Waals surface area contributed by atoms with Crippen molar-refractivity contribution in [1.82, 2.24) is 0 Å². The molecule has 0 saturated carbocycles. The van der Waals surface area contributed by atoms with Crippen LogP contribution < -0.4 is 0 Å². The Morgan fingerprint density at radius 1 is 1.57 bits per heavy atom. The van der Waals surface area contributed by atoms with Gasteiger partial charge in [0, 0.05) is 12.3 Å². The second kappa shape index (κ2) is 6.87. The molecule has 0 spiro atoms. The van der Waals surface area contributed by atoms with Crippen LogP contribution in [0, 0.1) is 0 Å². The zero-order valence-corrected chi connectivity index (χ0v) is 9.44. The Bertz CT molecular complexity index is 216. The second-order valence-corrected chi connectivity index (χ2v) is 4.40. The summed E-state index contributed by atoms with van der Waals surface area (Å²) in [6.07, 6.45) is 3.63. The molecule has 0 atom stereocenters. The van der Waals surface area contributed by atoms with E-state index in [1.807, 2.05) is 0 Å². The van der Waals surface area contributed by atoms with Gasteiger partial charge in [-0.2, -0.15) is 0 Å². The number of rotatable bonds is 6. The molecule has 1 heterocycles. The molecule has 0 aromatic carbocycles. The van der Waals surface area contributed by atoms with Gasteiger partial charge in [0.05, 0.1) is 18.1 Å². The van der Waals surface area contributed by atoms with E-state index in [1.54, 1.807) is 11.8 Å². The maximum atomic E-state index is 11.2. The maximum Gasteiger partial charge on any atom is 0.312 e. The van der Waals surface area contributed by atoms with Crippen LogP contribution in [0.15, 0.2) is 4.99 Å². The van der Waals surface area contributed by atoms with Crippen molar-refractivity contribution in [2.75, 3.05) is 18.9 Å². The zero-order chi connectivity index (χ0) is 10.2. The van der Waals surface area contributed by atoms with Gasteiger partial charge in [-0.3, -0.25) is 9.79 Å². The van der Waals surface area contributed by atoms with Crippen molar-refractivity contribution >= 4 is 22.8 Å². The topological polar surface area (TPSA) is 38.7 Å². The number of carbonyl (C=O) groups excluding carboxylic acids is 1. The van der Waals surface area contributed by atoms with Crippen molar-refractivity contribution < 1.29 is 9.53 Å². The van der Waals surface area contributed by atoms with Gasteiger partial charge in [-0.1, -0.05) is 19.8 Å². The first-order valence-electron chi connectivity index (χ1n) is 5.14. The van der Waals surface area contributed by atoms with E-state index in [-0.39, 0.29) is 5.97 Å². The lowest BCUT2D eigenvalue weighted by atomic mass is 10.3. The van der Waals surface area contributed by atoms with Crippen molar-refractivity contribution in [2.45, 2.75) is 32.6 Å². The Morgan fingerprint density at radius 3 is 3.07 bits per heavy atom. The monoisotopic (exact) mass is 215 g/mol. The van der Waals surface area contributed by atoms with Crippen LogP contribution in [0.3, 0.4) is 0 Å². The van der Waals surface area contributed by atoms with Gasteiger partial charge >= 0.3 is 5.97 Å². The molecule has 0 aliphatic carbocycles. The second-order valence-electron chi connectivity index (χ2n) is 3.23. The fourth-order valence-corrected chi connectivity index (χ4v) is 2.02. The normalized spacial score (nSPS) is 15.4. The van der Waals surface area contributed by atoms with Crippen LogP contribution >= 0.6 is 11.8 Å². The first-order chi connectivity index (χ1) is 6.83. The van der Waals surface area contributed by atoms with Crippen LogP contribution in [-0.4, -0.2) is 29.9 Å². The van der Waals surface area contributed by atoms with Crippen LogP contribution in [0.1, 0.15) is 32.6 Å². The molecule has 0 amide bonds. The smallest absolute Gasteiger partial charge is 0.312 e. The van der Waals surface area contributed by atoms with E-state index in [4.69, 9.17) is 4.74 Å². The average molecular weight is 215 g/mol. The largest absolute Gasteiger partial charge is 0.465 e. The van der Waals surface area contributed by atoms with Gasteiger partial charge in [0.25, 0.3) is 0 Å². The summed E-state index contributed by atoms with van der Waals surface area (Å²) in [6.45, 7) is 3.54. The summed E-state index contributed by atoms with van der Waals surface area (Å²) >= 11 is 1.66. The van der Waals surface area contributed by atoms with E-state index >= 15 is 0 Å². The minimum atomic E-state index is -0.130. The Kier molecular flexibility index (Phi) is 5.68. The summed E-state index contributed by atoms with van der Waals surface area (Å²) in [4.78, 5) is 15.4. The minimum absolute atomic E-state index is 0.130. The molecule has 1 aliphatic heterocycles. The Morgan fingerprint density at radius 2 is 2.43 bits per heavy atom. The third-order valence-electron chi connectivity index (χ3n) is 1.95. The molecule has 1 rings (SSSR count). The van der Waals surface area contributed by atoms with Crippen LogP contribution in [0.2, 0.25) is 0 Å². The number of unbranched alkanes of at least 4 members (excludes halogenated alkanes) is 2. The summed E-state index contributed by atoms with van der Waals surface area (Å²) in [5.74, 6) is 0.882. The highest BCUT2D eigenvalue weighted by molar-refractivity contribution is 8.14. The number of aliphatic imine (C=N–C) groups is 1. The van der Waals surface area contributed by atoms with Crippen molar-refractivity contribution in [1.29, 1.82) is 0 Å². The summed E-state index contributed by atoms with van der Waals surface area (Å²) in [5, 5.41) is 0.936. The molecule has 4 heteroatoms. The number of thioether (sulfide) groups is 1. The van der Waals surface area contributed by atoms with Gasteiger partial charge in [0.2, 0.25) is 0 Å². The lowest BCUT2D eigenvalue weighted by Crippen LogP contribution is -2.09. The van der Waals surface area contributed by atoms with Crippen molar-refractivity contribution in [3.8, 4) is 0 Å². The molecular weight excluding hydrogens is 198 g/mol. The summed E-state index contributed by atoms with van der Waals surface area (Å²) in [6, 6.07) is 0. The first-order valence-corrected chi connectivity index (χ1v) is 6.13. The van der Waals surface area contributed by atoms with Crippen molar-refractivity contribution in [3.63, 3.8) is 0 Å². The fraction of sp³-hybridized carbons (Fsp3) is 0.800. The highest BCUT2D eigenvalue weighted by atomic mass is 32.2. The average Bonchev–Trinajstić information content (AvgIpc) is 2.65. The molecule has 0 aromatic heterocycles. The number of nitrogens with zero attached hydrogens (tertiary/aromatic N) is 1. The molecule has 0 N–H and O–H groups in total. The van der Waals surface area contributed by atoms with Crippen LogP contribution in [0.5, 0.6) is 0 Å². The Labute approximate surface area is 89.3 Å². The molecule has 14 heavy (non-hydrogen) atoms. The third-order valence-corrected chi connectivity index (χ3v) is 2.95. The first kappa shape index (κ1) is 11.6. The van der Waals surface area contributed by atoms with Gasteiger partial charge in [-0.05, 0) is 6.42 Å². The van der Waals surface area contributed by atoms with E-state index in [2.05, 4.69) is 11.9 Å². The third kappa shape index (κ3) is 4.65. The number of hydrogen-bond donors (Lipinski definition) is 0. The molecule has 0 fully saturated rings. The zero-order valence-electron chi connectivity index (χ0n) is 8.62. The van der Waals surface area contributed by atoms with E-state index in [9.17, 15) is 4.79 Å². The summed E-state index contributed by atoms with van der Waals surface area (Å²) in [7, 11) is 0. The Hall–Kier alpha value is -0.510. The molecule has 0 unspecified atom stereocenters. The highest BCUT2D eigenvalue weighted by Gasteiger charge is 2.12. The fourth-order valence-electron chi connectivity index (χ4n) is 1.20. The minimum Gasteiger partial charge on any atom is -0.465 e. The van der Waals surface area contributed by atoms with Gasteiger partial charge in [0.1, 0.15) is 0 Å². The van der Waals surface area contributed by atoms with Gasteiger partial charge in [-0.25, -0.2) is 0 Å². The number of hydrogen-bond acceptors (Lipinski definition) is 4. The van der Waals surface area contributed by atoms with Crippen LogP contribution in [0.25, 0.3) is 0 Å². The quantitative estimate of drug-likeness (QED) is 0.504. The number of esters is 1. The molecular formula is C10H17NO2S. The molecule has 3 nitrogen and oxygen atoms in total. The summed E-state index contributed by atoms with van der Waals surface area (Å²) < 4.78 is 5.07. The van der Waals surface area contributed by atoms with Gasteiger partial charge in [0.15, 0.2) is 0 Å². The lowest BCUT2D eigenvalue weighted by molar-refractivity contribution is -0.142. The molecule has 1 aliphatic rings. The maximum absolute atomic E-state index is 11.2. The highest BCUT2D eigenvalue weighted by Crippen LogP contribution is 2.14. The number of carbonyl (C=O) groups is 1. The van der Waals surface area contributed by atoms with Gasteiger partial charge in [-0.15, -0.1) is 11.8 Å². The van der Waals surface area contributed by atoms with E-state index < -0.39 is 0 Å². The van der Waals surface area contributed by atoms with E-state index in [1.165, 1.54) is 0 Å². The van der Waals surface area contributed by atoms with Crippen LogP contribution in [-0.2, 0) is 9.53 Å². The van der Waals surface area contributed by atoms with Gasteiger partial charge < -0.3 is 4.74 Å².